The molecule has 3 heteroatoms. The van der Waals surface area contributed by atoms with Crippen LogP contribution in [0.3, 0.4) is 0 Å². The summed E-state index contributed by atoms with van der Waals surface area (Å²) in [6.07, 6.45) is 0.00739. The maximum absolute atomic E-state index is 13.4. The van der Waals surface area contributed by atoms with E-state index in [4.69, 9.17) is 5.11 Å². The second-order valence-corrected chi connectivity index (χ2v) is 4.22. The average molecular weight is 232 g/mol. The van der Waals surface area contributed by atoms with Gasteiger partial charge in [-0.05, 0) is 34.4 Å². The molecule has 0 bridgehead atoms. The third-order valence-corrected chi connectivity index (χ3v) is 2.87. The van der Waals surface area contributed by atoms with E-state index in [1.807, 2.05) is 24.3 Å². The molecule has 17 heavy (non-hydrogen) atoms. The van der Waals surface area contributed by atoms with Crippen molar-refractivity contribution in [3.05, 3.63) is 47.8 Å². The molecular formula is C14H13FO2. The van der Waals surface area contributed by atoms with Crippen LogP contribution in [0.25, 0.3) is 10.8 Å². The summed E-state index contributed by atoms with van der Waals surface area (Å²) in [4.78, 5) is 10.7. The summed E-state index contributed by atoms with van der Waals surface area (Å²) in [5.41, 5.74) is 0.753. The zero-order valence-corrected chi connectivity index (χ0v) is 9.48. The van der Waals surface area contributed by atoms with Crippen LogP contribution in [0.1, 0.15) is 24.8 Å². The fourth-order valence-electron chi connectivity index (χ4n) is 2.08. The molecule has 2 nitrogen and oxygen atoms in total. The number of carbonyl (C=O) groups is 1. The molecule has 0 aliphatic heterocycles. The molecule has 0 aliphatic rings. The molecule has 0 unspecified atom stereocenters. The Bertz CT molecular complexity index is 563. The van der Waals surface area contributed by atoms with Crippen molar-refractivity contribution >= 4 is 16.7 Å². The first-order chi connectivity index (χ1) is 8.08. The van der Waals surface area contributed by atoms with Gasteiger partial charge >= 0.3 is 5.97 Å². The summed E-state index contributed by atoms with van der Waals surface area (Å²) in [6.45, 7) is 1.80. The van der Waals surface area contributed by atoms with Crippen LogP contribution < -0.4 is 0 Å². The zero-order valence-electron chi connectivity index (χ0n) is 9.48. The SMILES string of the molecule is C[C@H](CC(=O)O)c1cc(F)cc2ccccc12. The first-order valence-corrected chi connectivity index (χ1v) is 5.48. The predicted octanol–water partition coefficient (Wildman–Crippen LogP) is 3.56. The first kappa shape index (κ1) is 11.6. The number of hydrogen-bond donors (Lipinski definition) is 1. The maximum atomic E-state index is 13.4. The van der Waals surface area contributed by atoms with Crippen molar-refractivity contribution in [3.63, 3.8) is 0 Å². The molecule has 0 saturated heterocycles. The summed E-state index contributed by atoms with van der Waals surface area (Å²) < 4.78 is 13.4. The Morgan fingerprint density at radius 1 is 1.35 bits per heavy atom. The molecule has 0 saturated carbocycles. The maximum Gasteiger partial charge on any atom is 0.303 e. The van der Waals surface area contributed by atoms with Crippen LogP contribution in [-0.2, 0) is 4.79 Å². The van der Waals surface area contributed by atoms with Crippen LogP contribution in [0.2, 0.25) is 0 Å². The highest BCUT2D eigenvalue weighted by Crippen LogP contribution is 2.28. The highest BCUT2D eigenvalue weighted by molar-refractivity contribution is 5.86. The number of halogens is 1. The Hall–Kier alpha value is -1.90. The van der Waals surface area contributed by atoms with Crippen molar-refractivity contribution in [2.75, 3.05) is 0 Å². The molecule has 0 heterocycles. The lowest BCUT2D eigenvalue weighted by atomic mass is 9.92. The molecular weight excluding hydrogens is 219 g/mol. The molecule has 0 aromatic heterocycles. The zero-order chi connectivity index (χ0) is 12.4. The van der Waals surface area contributed by atoms with Crippen molar-refractivity contribution in [2.24, 2.45) is 0 Å². The molecule has 2 aromatic carbocycles. The molecule has 0 radical (unpaired) electrons. The van der Waals surface area contributed by atoms with E-state index in [1.165, 1.54) is 12.1 Å². The van der Waals surface area contributed by atoms with E-state index >= 15 is 0 Å². The van der Waals surface area contributed by atoms with Crippen molar-refractivity contribution in [3.8, 4) is 0 Å². The van der Waals surface area contributed by atoms with E-state index in [-0.39, 0.29) is 18.2 Å². The molecule has 1 atom stereocenters. The van der Waals surface area contributed by atoms with E-state index in [2.05, 4.69) is 0 Å². The van der Waals surface area contributed by atoms with E-state index in [9.17, 15) is 9.18 Å². The van der Waals surface area contributed by atoms with E-state index in [0.29, 0.717) is 0 Å². The third-order valence-electron chi connectivity index (χ3n) is 2.87. The fraction of sp³-hybridized carbons (Fsp3) is 0.214. The molecule has 88 valence electrons. The summed E-state index contributed by atoms with van der Waals surface area (Å²) >= 11 is 0. The molecule has 2 aromatic rings. The van der Waals surface area contributed by atoms with Gasteiger partial charge in [-0.3, -0.25) is 4.79 Å². The van der Waals surface area contributed by atoms with Gasteiger partial charge in [0.15, 0.2) is 0 Å². The average Bonchev–Trinajstić information content (AvgIpc) is 2.26. The smallest absolute Gasteiger partial charge is 0.303 e. The molecule has 2 rings (SSSR count). The summed E-state index contributed by atoms with van der Waals surface area (Å²) in [6, 6.07) is 10.3. The van der Waals surface area contributed by atoms with Gasteiger partial charge in [-0.15, -0.1) is 0 Å². The topological polar surface area (TPSA) is 37.3 Å². The summed E-state index contributed by atoms with van der Waals surface area (Å²) in [5, 5.41) is 10.5. The van der Waals surface area contributed by atoms with Gasteiger partial charge in [0.1, 0.15) is 5.82 Å². The Labute approximate surface area is 98.7 Å². The highest BCUT2D eigenvalue weighted by atomic mass is 19.1. The number of carboxylic acid groups (broad SMARTS) is 1. The van der Waals surface area contributed by atoms with Gasteiger partial charge in [-0.25, -0.2) is 4.39 Å². The van der Waals surface area contributed by atoms with Crippen LogP contribution in [-0.4, -0.2) is 11.1 Å². The number of hydrogen-bond acceptors (Lipinski definition) is 1. The number of aliphatic carboxylic acids is 1. The number of rotatable bonds is 3. The molecule has 0 amide bonds. The Kier molecular flexibility index (Phi) is 3.09. The van der Waals surface area contributed by atoms with Crippen LogP contribution >= 0.6 is 0 Å². The standard InChI is InChI=1S/C14H13FO2/c1-9(6-14(16)17)13-8-11(15)7-10-4-2-3-5-12(10)13/h2-5,7-9H,6H2,1H3,(H,16,17)/t9-/m1/s1. The first-order valence-electron chi connectivity index (χ1n) is 5.48. The Balaban J connectivity index is 2.55. The van der Waals surface area contributed by atoms with Gasteiger partial charge in [0, 0.05) is 0 Å². The van der Waals surface area contributed by atoms with E-state index < -0.39 is 5.97 Å². The minimum Gasteiger partial charge on any atom is -0.481 e. The lowest BCUT2D eigenvalue weighted by molar-refractivity contribution is -0.137. The fourth-order valence-corrected chi connectivity index (χ4v) is 2.08. The van der Waals surface area contributed by atoms with Crippen molar-refractivity contribution in [2.45, 2.75) is 19.3 Å². The van der Waals surface area contributed by atoms with Crippen LogP contribution in [0.4, 0.5) is 4.39 Å². The van der Waals surface area contributed by atoms with Gasteiger partial charge < -0.3 is 5.11 Å². The lowest BCUT2D eigenvalue weighted by Crippen LogP contribution is -2.03. The van der Waals surface area contributed by atoms with Gasteiger partial charge in [-0.2, -0.15) is 0 Å². The Morgan fingerprint density at radius 2 is 2.06 bits per heavy atom. The van der Waals surface area contributed by atoms with Crippen molar-refractivity contribution in [1.82, 2.24) is 0 Å². The van der Waals surface area contributed by atoms with E-state index in [0.717, 1.165) is 16.3 Å². The Morgan fingerprint density at radius 3 is 2.76 bits per heavy atom. The minimum absolute atomic E-state index is 0.00739. The summed E-state index contributed by atoms with van der Waals surface area (Å²) in [5.74, 6) is -1.39. The highest BCUT2D eigenvalue weighted by Gasteiger charge is 2.14. The van der Waals surface area contributed by atoms with Gasteiger partial charge in [0.2, 0.25) is 0 Å². The third kappa shape index (κ3) is 2.44. The second kappa shape index (κ2) is 4.53. The molecule has 0 spiro atoms. The van der Waals surface area contributed by atoms with Crippen molar-refractivity contribution < 1.29 is 14.3 Å². The van der Waals surface area contributed by atoms with Gasteiger partial charge in [0.05, 0.1) is 6.42 Å². The molecule has 1 N–H and O–H groups in total. The monoisotopic (exact) mass is 232 g/mol. The predicted molar refractivity (Wildman–Crippen MR) is 64.6 cm³/mol. The number of fused-ring (bicyclic) bond motifs is 1. The lowest BCUT2D eigenvalue weighted by Gasteiger charge is -2.13. The van der Waals surface area contributed by atoms with Crippen LogP contribution in [0.15, 0.2) is 36.4 Å². The normalized spacial score (nSPS) is 12.6. The molecule has 0 fully saturated rings. The summed E-state index contributed by atoms with van der Waals surface area (Å²) in [7, 11) is 0. The van der Waals surface area contributed by atoms with Crippen LogP contribution in [0.5, 0.6) is 0 Å². The van der Waals surface area contributed by atoms with E-state index in [1.54, 1.807) is 6.92 Å². The molecule has 0 aliphatic carbocycles. The number of carboxylic acids is 1. The van der Waals surface area contributed by atoms with Gasteiger partial charge in [0.25, 0.3) is 0 Å². The number of benzene rings is 2. The second-order valence-electron chi connectivity index (χ2n) is 4.22. The van der Waals surface area contributed by atoms with Crippen molar-refractivity contribution in [1.29, 1.82) is 0 Å². The quantitative estimate of drug-likeness (QED) is 0.878. The van der Waals surface area contributed by atoms with Crippen LogP contribution in [0, 0.1) is 5.82 Å². The van der Waals surface area contributed by atoms with Gasteiger partial charge in [-0.1, -0.05) is 31.2 Å². The minimum atomic E-state index is -0.870. The largest absolute Gasteiger partial charge is 0.481 e.